The summed E-state index contributed by atoms with van der Waals surface area (Å²) in [5, 5.41) is 2.64. The number of allylic oxidation sites excluding steroid dienone is 1. The first-order chi connectivity index (χ1) is 7.33. The molecule has 0 spiro atoms. The van der Waals surface area contributed by atoms with Gasteiger partial charge in [-0.15, -0.1) is 6.58 Å². The van der Waals surface area contributed by atoms with E-state index < -0.39 is 0 Å². The second kappa shape index (κ2) is 116. The van der Waals surface area contributed by atoms with Gasteiger partial charge in [-0.1, -0.05) is 67.7 Å². The molecular weight excluding hydrogens is 182 g/mol. The standard InChI is InChI=1S/C4H7N.C4H8.3C2H6/c1-3-5-4-2;1-3-4-2;3*1-2/h3-5H,1-2H2;3H,1,4H2,2H3;3*1-2H3. The van der Waals surface area contributed by atoms with E-state index in [9.17, 15) is 0 Å². The van der Waals surface area contributed by atoms with Crippen molar-refractivity contribution in [2.45, 2.75) is 54.9 Å². The Bertz CT molecular complexity index is 69.4. The Hall–Kier alpha value is -0.980. The minimum atomic E-state index is 1.08. The summed E-state index contributed by atoms with van der Waals surface area (Å²) < 4.78 is 0. The molecule has 0 aromatic rings. The Morgan fingerprint density at radius 2 is 1.00 bits per heavy atom. The summed E-state index contributed by atoms with van der Waals surface area (Å²) in [6.45, 7) is 24.3. The van der Waals surface area contributed by atoms with Gasteiger partial charge in [0.25, 0.3) is 0 Å². The zero-order valence-electron chi connectivity index (χ0n) is 12.1. The molecule has 94 valence electrons. The molecule has 15 heavy (non-hydrogen) atoms. The van der Waals surface area contributed by atoms with Gasteiger partial charge in [0.2, 0.25) is 0 Å². The van der Waals surface area contributed by atoms with E-state index in [1.807, 2.05) is 47.6 Å². The molecule has 0 radical (unpaired) electrons. The third kappa shape index (κ3) is 387. The highest BCUT2D eigenvalue weighted by Crippen LogP contribution is 1.66. The molecule has 0 fully saturated rings. The van der Waals surface area contributed by atoms with Crippen LogP contribution in [-0.2, 0) is 0 Å². The second-order valence-electron chi connectivity index (χ2n) is 1.27. The van der Waals surface area contributed by atoms with Gasteiger partial charge in [-0.3, -0.25) is 0 Å². The normalized spacial score (nSPS) is 4.73. The van der Waals surface area contributed by atoms with Crippen molar-refractivity contribution in [3.05, 3.63) is 38.2 Å². The molecule has 0 aromatic carbocycles. The maximum atomic E-state index is 3.48. The van der Waals surface area contributed by atoms with Gasteiger partial charge in [0.05, 0.1) is 0 Å². The molecule has 0 saturated heterocycles. The molecule has 0 rings (SSSR count). The lowest BCUT2D eigenvalue weighted by Crippen LogP contribution is -1.85. The first-order valence-corrected chi connectivity index (χ1v) is 5.92. The van der Waals surface area contributed by atoms with E-state index in [0.29, 0.717) is 0 Å². The average molecular weight is 215 g/mol. The van der Waals surface area contributed by atoms with Gasteiger partial charge in [0.15, 0.2) is 0 Å². The minimum Gasteiger partial charge on any atom is -0.369 e. The van der Waals surface area contributed by atoms with Crippen LogP contribution in [0.5, 0.6) is 0 Å². The van der Waals surface area contributed by atoms with Gasteiger partial charge in [0.1, 0.15) is 0 Å². The summed E-state index contributed by atoms with van der Waals surface area (Å²) >= 11 is 0. The highest BCUT2D eigenvalue weighted by Gasteiger charge is 1.45. The molecule has 0 aromatic heterocycles. The van der Waals surface area contributed by atoms with E-state index in [2.05, 4.69) is 32.0 Å². The topological polar surface area (TPSA) is 12.0 Å². The Morgan fingerprint density at radius 3 is 1.00 bits per heavy atom. The molecule has 0 aliphatic heterocycles. The lowest BCUT2D eigenvalue weighted by atomic mass is 10.5. The lowest BCUT2D eigenvalue weighted by molar-refractivity contribution is 1.21. The van der Waals surface area contributed by atoms with Gasteiger partial charge in [0, 0.05) is 0 Å². The molecule has 1 heteroatoms. The first-order valence-electron chi connectivity index (χ1n) is 5.92. The van der Waals surface area contributed by atoms with E-state index in [1.165, 1.54) is 0 Å². The molecule has 0 unspecified atom stereocenters. The van der Waals surface area contributed by atoms with Crippen molar-refractivity contribution in [1.29, 1.82) is 0 Å². The number of hydrogen-bond donors (Lipinski definition) is 1. The highest BCUT2D eigenvalue weighted by atomic mass is 14.8. The Kier molecular flexibility index (Phi) is 227. The van der Waals surface area contributed by atoms with Crippen LogP contribution in [0.2, 0.25) is 0 Å². The fourth-order valence-corrected chi connectivity index (χ4v) is 0.0833. The smallest absolute Gasteiger partial charge is 0.00679 e. The second-order valence-corrected chi connectivity index (χ2v) is 1.27. The van der Waals surface area contributed by atoms with Crippen LogP contribution < -0.4 is 5.32 Å². The molecule has 0 atom stereocenters. The lowest BCUT2D eigenvalue weighted by Gasteiger charge is -1.75. The zero-order chi connectivity index (χ0) is 13.5. The van der Waals surface area contributed by atoms with Crippen LogP contribution in [0.1, 0.15) is 54.9 Å². The Labute approximate surface area is 99.0 Å². The van der Waals surface area contributed by atoms with Crippen LogP contribution in [-0.4, -0.2) is 0 Å². The fourth-order valence-electron chi connectivity index (χ4n) is 0.0833. The number of rotatable bonds is 3. The molecule has 0 aliphatic carbocycles. The van der Waals surface area contributed by atoms with Crippen molar-refractivity contribution >= 4 is 0 Å². The molecule has 0 heterocycles. The van der Waals surface area contributed by atoms with E-state index >= 15 is 0 Å². The van der Waals surface area contributed by atoms with Gasteiger partial charge in [-0.25, -0.2) is 0 Å². The summed E-state index contributed by atoms with van der Waals surface area (Å²) in [6.07, 6.45) is 6.08. The predicted octanol–water partition coefficient (Wildman–Crippen LogP) is 5.52. The van der Waals surface area contributed by atoms with Crippen molar-refractivity contribution in [3.8, 4) is 0 Å². The zero-order valence-corrected chi connectivity index (χ0v) is 12.1. The van der Waals surface area contributed by atoms with Crippen LogP contribution in [0.15, 0.2) is 38.2 Å². The molecule has 0 bridgehead atoms. The SMILES string of the molecule is C=CCC.C=CNC=C.CC.CC.CC. The first kappa shape index (κ1) is 29.2. The Balaban J connectivity index is -0.0000000301. The number of hydrogen-bond acceptors (Lipinski definition) is 1. The van der Waals surface area contributed by atoms with Crippen molar-refractivity contribution in [2.24, 2.45) is 0 Å². The summed E-state index contributed by atoms with van der Waals surface area (Å²) in [5.41, 5.74) is 0. The van der Waals surface area contributed by atoms with Crippen molar-refractivity contribution < 1.29 is 0 Å². The van der Waals surface area contributed by atoms with E-state index in [1.54, 1.807) is 12.4 Å². The van der Waals surface area contributed by atoms with Crippen molar-refractivity contribution in [2.75, 3.05) is 0 Å². The van der Waals surface area contributed by atoms with Gasteiger partial charge < -0.3 is 5.32 Å². The monoisotopic (exact) mass is 215 g/mol. The summed E-state index contributed by atoms with van der Waals surface area (Å²) in [7, 11) is 0. The maximum absolute atomic E-state index is 3.48. The van der Waals surface area contributed by atoms with Crippen LogP contribution in [0, 0.1) is 0 Å². The van der Waals surface area contributed by atoms with Crippen LogP contribution in [0.3, 0.4) is 0 Å². The quantitative estimate of drug-likeness (QED) is 0.611. The predicted molar refractivity (Wildman–Crippen MR) is 78.1 cm³/mol. The van der Waals surface area contributed by atoms with Crippen molar-refractivity contribution in [1.82, 2.24) is 5.32 Å². The molecular formula is C14H33N. The van der Waals surface area contributed by atoms with Crippen LogP contribution >= 0.6 is 0 Å². The van der Waals surface area contributed by atoms with Crippen LogP contribution in [0.25, 0.3) is 0 Å². The minimum absolute atomic E-state index is 1.08. The van der Waals surface area contributed by atoms with E-state index in [0.717, 1.165) is 6.42 Å². The maximum Gasteiger partial charge on any atom is -0.00679 e. The third-order valence-electron chi connectivity index (χ3n) is 0.524. The largest absolute Gasteiger partial charge is 0.369 e. The molecule has 0 aliphatic rings. The van der Waals surface area contributed by atoms with Crippen LogP contribution in [0.4, 0.5) is 0 Å². The Morgan fingerprint density at radius 1 is 0.800 bits per heavy atom. The van der Waals surface area contributed by atoms with Gasteiger partial charge in [-0.2, -0.15) is 0 Å². The molecule has 0 saturated carbocycles. The highest BCUT2D eigenvalue weighted by molar-refractivity contribution is 4.72. The summed E-state index contributed by atoms with van der Waals surface area (Å²) in [6, 6.07) is 0. The van der Waals surface area contributed by atoms with E-state index in [4.69, 9.17) is 0 Å². The third-order valence-corrected chi connectivity index (χ3v) is 0.524. The van der Waals surface area contributed by atoms with E-state index in [-0.39, 0.29) is 0 Å². The molecule has 1 N–H and O–H groups in total. The summed E-state index contributed by atoms with van der Waals surface area (Å²) in [4.78, 5) is 0. The number of nitrogens with one attached hydrogen (secondary N) is 1. The average Bonchev–Trinajstić information content (AvgIpc) is 2.38. The summed E-state index contributed by atoms with van der Waals surface area (Å²) in [5.74, 6) is 0. The molecule has 0 amide bonds. The molecule has 1 nitrogen and oxygen atoms in total. The van der Waals surface area contributed by atoms with Gasteiger partial charge >= 0.3 is 0 Å². The van der Waals surface area contributed by atoms with Crippen molar-refractivity contribution in [3.63, 3.8) is 0 Å². The fraction of sp³-hybridized carbons (Fsp3) is 0.571. The van der Waals surface area contributed by atoms with Gasteiger partial charge in [-0.05, 0) is 18.8 Å².